The molecule has 1 aromatic rings. The summed E-state index contributed by atoms with van der Waals surface area (Å²) in [4.78, 5) is 0. The maximum absolute atomic E-state index is 5.23. The second-order valence-corrected chi connectivity index (χ2v) is 6.11. The Morgan fingerprint density at radius 2 is 2.31 bits per heavy atom. The second kappa shape index (κ2) is 5.43. The topological polar surface area (TPSA) is 21.3 Å². The van der Waals surface area contributed by atoms with Crippen LogP contribution in [0.25, 0.3) is 0 Å². The fraction of sp³-hybridized carbons (Fsp3) is 0.500. The Morgan fingerprint density at radius 1 is 1.50 bits per heavy atom. The standard InChI is InChI=1S/C12H16BrNOS/c1-8-6-14-12(16-7-8)9-3-4-11(15-2)10(13)5-9/h3-5,8,12,14H,6-7H2,1-2H3. The summed E-state index contributed by atoms with van der Waals surface area (Å²) < 4.78 is 6.25. The van der Waals surface area contributed by atoms with Gasteiger partial charge in [0.25, 0.3) is 0 Å². The first-order valence-corrected chi connectivity index (χ1v) is 7.23. The molecule has 0 amide bonds. The molecule has 0 radical (unpaired) electrons. The highest BCUT2D eigenvalue weighted by molar-refractivity contribution is 9.10. The summed E-state index contributed by atoms with van der Waals surface area (Å²) in [5, 5.41) is 3.97. The smallest absolute Gasteiger partial charge is 0.133 e. The van der Waals surface area contributed by atoms with Crippen molar-refractivity contribution in [1.82, 2.24) is 5.32 Å². The van der Waals surface area contributed by atoms with Crippen LogP contribution in [0.1, 0.15) is 17.9 Å². The molecule has 2 unspecified atom stereocenters. The van der Waals surface area contributed by atoms with Gasteiger partial charge in [0.05, 0.1) is 17.0 Å². The van der Waals surface area contributed by atoms with Crippen LogP contribution in [-0.4, -0.2) is 19.4 Å². The van der Waals surface area contributed by atoms with E-state index in [9.17, 15) is 0 Å². The van der Waals surface area contributed by atoms with Crippen molar-refractivity contribution in [2.75, 3.05) is 19.4 Å². The summed E-state index contributed by atoms with van der Waals surface area (Å²) in [5.74, 6) is 2.88. The Morgan fingerprint density at radius 3 is 2.88 bits per heavy atom. The number of ether oxygens (including phenoxy) is 1. The molecule has 1 N–H and O–H groups in total. The summed E-state index contributed by atoms with van der Waals surface area (Å²) in [5.41, 5.74) is 1.31. The zero-order chi connectivity index (χ0) is 11.5. The molecule has 1 heterocycles. The minimum atomic E-state index is 0.415. The van der Waals surface area contributed by atoms with E-state index in [1.54, 1.807) is 7.11 Å². The van der Waals surface area contributed by atoms with Crippen LogP contribution in [0.2, 0.25) is 0 Å². The van der Waals surface area contributed by atoms with Crippen LogP contribution in [0.15, 0.2) is 22.7 Å². The molecule has 2 rings (SSSR count). The van der Waals surface area contributed by atoms with Gasteiger partial charge in [-0.05, 0) is 51.8 Å². The molecule has 88 valence electrons. The molecule has 1 aromatic carbocycles. The van der Waals surface area contributed by atoms with Gasteiger partial charge in [0.2, 0.25) is 0 Å². The van der Waals surface area contributed by atoms with Crippen molar-refractivity contribution in [1.29, 1.82) is 0 Å². The van der Waals surface area contributed by atoms with Gasteiger partial charge in [-0.3, -0.25) is 0 Å². The lowest BCUT2D eigenvalue weighted by Crippen LogP contribution is -2.31. The summed E-state index contributed by atoms with van der Waals surface area (Å²) in [7, 11) is 1.69. The number of thioether (sulfide) groups is 1. The van der Waals surface area contributed by atoms with Crippen molar-refractivity contribution < 1.29 is 4.74 Å². The van der Waals surface area contributed by atoms with Gasteiger partial charge in [-0.1, -0.05) is 13.0 Å². The Balaban J connectivity index is 2.12. The molecule has 0 aromatic heterocycles. The van der Waals surface area contributed by atoms with Crippen LogP contribution in [0.4, 0.5) is 0 Å². The molecule has 1 aliphatic heterocycles. The van der Waals surface area contributed by atoms with Crippen molar-refractivity contribution in [3.8, 4) is 5.75 Å². The lowest BCUT2D eigenvalue weighted by molar-refractivity contribution is 0.412. The lowest BCUT2D eigenvalue weighted by Gasteiger charge is -2.27. The fourth-order valence-corrected chi connectivity index (χ4v) is 3.50. The Hall–Kier alpha value is -0.190. The van der Waals surface area contributed by atoms with E-state index >= 15 is 0 Å². The zero-order valence-electron chi connectivity index (χ0n) is 9.50. The molecule has 0 aliphatic carbocycles. The molecule has 1 fully saturated rings. The van der Waals surface area contributed by atoms with Crippen molar-refractivity contribution in [2.24, 2.45) is 5.92 Å². The van der Waals surface area contributed by atoms with Crippen molar-refractivity contribution in [3.63, 3.8) is 0 Å². The van der Waals surface area contributed by atoms with E-state index in [0.29, 0.717) is 5.37 Å². The number of halogens is 1. The van der Waals surface area contributed by atoms with Crippen molar-refractivity contribution in [2.45, 2.75) is 12.3 Å². The summed E-state index contributed by atoms with van der Waals surface area (Å²) in [6.45, 7) is 3.38. The summed E-state index contributed by atoms with van der Waals surface area (Å²) >= 11 is 5.50. The van der Waals surface area contributed by atoms with Crippen LogP contribution in [0, 0.1) is 5.92 Å². The van der Waals surface area contributed by atoms with Gasteiger partial charge in [0.1, 0.15) is 5.75 Å². The molecule has 4 heteroatoms. The number of hydrogen-bond donors (Lipinski definition) is 1. The molecule has 2 atom stereocenters. The van der Waals surface area contributed by atoms with E-state index in [-0.39, 0.29) is 0 Å². The van der Waals surface area contributed by atoms with Crippen molar-refractivity contribution >= 4 is 27.7 Å². The molecule has 1 saturated heterocycles. The average molecular weight is 302 g/mol. The molecule has 0 bridgehead atoms. The molecular formula is C12H16BrNOS. The molecule has 0 saturated carbocycles. The van der Waals surface area contributed by atoms with Crippen LogP contribution >= 0.6 is 27.7 Å². The third kappa shape index (κ3) is 2.73. The van der Waals surface area contributed by atoms with E-state index in [1.165, 1.54) is 11.3 Å². The predicted molar refractivity (Wildman–Crippen MR) is 73.1 cm³/mol. The first kappa shape index (κ1) is 12.3. The van der Waals surface area contributed by atoms with Crippen molar-refractivity contribution in [3.05, 3.63) is 28.2 Å². The van der Waals surface area contributed by atoms with Gasteiger partial charge in [0, 0.05) is 0 Å². The van der Waals surface area contributed by atoms with Gasteiger partial charge >= 0.3 is 0 Å². The first-order valence-electron chi connectivity index (χ1n) is 5.39. The Bertz CT molecular complexity index is 364. The maximum atomic E-state index is 5.23. The van der Waals surface area contributed by atoms with Gasteiger partial charge in [0.15, 0.2) is 0 Å². The molecule has 16 heavy (non-hydrogen) atoms. The largest absolute Gasteiger partial charge is 0.496 e. The molecule has 0 spiro atoms. The number of benzene rings is 1. The third-order valence-electron chi connectivity index (χ3n) is 2.68. The highest BCUT2D eigenvalue weighted by atomic mass is 79.9. The minimum absolute atomic E-state index is 0.415. The average Bonchev–Trinajstić information content (AvgIpc) is 2.30. The van der Waals surface area contributed by atoms with E-state index in [1.807, 2.05) is 17.8 Å². The van der Waals surface area contributed by atoms with Crippen LogP contribution in [0.5, 0.6) is 5.75 Å². The Labute approximate surface area is 109 Å². The van der Waals surface area contributed by atoms with Gasteiger partial charge in [-0.15, -0.1) is 11.8 Å². The highest BCUT2D eigenvalue weighted by Crippen LogP contribution is 2.35. The molecular weight excluding hydrogens is 286 g/mol. The number of hydrogen-bond acceptors (Lipinski definition) is 3. The second-order valence-electron chi connectivity index (χ2n) is 4.12. The number of nitrogens with one attached hydrogen (secondary N) is 1. The molecule has 1 aliphatic rings. The summed E-state index contributed by atoms with van der Waals surface area (Å²) in [6.07, 6.45) is 0. The predicted octanol–water partition coefficient (Wildman–Crippen LogP) is 3.43. The normalized spacial score (nSPS) is 25.4. The molecule has 2 nitrogen and oxygen atoms in total. The summed E-state index contributed by atoms with van der Waals surface area (Å²) in [6, 6.07) is 6.28. The van der Waals surface area contributed by atoms with E-state index in [4.69, 9.17) is 4.74 Å². The first-order chi connectivity index (χ1) is 7.70. The van der Waals surface area contributed by atoms with Gasteiger partial charge in [-0.2, -0.15) is 0 Å². The van der Waals surface area contributed by atoms with E-state index in [2.05, 4.69) is 40.3 Å². The number of methoxy groups -OCH3 is 1. The van der Waals surface area contributed by atoms with Crippen LogP contribution < -0.4 is 10.1 Å². The van der Waals surface area contributed by atoms with E-state index < -0.39 is 0 Å². The SMILES string of the molecule is COc1ccc(C2NCC(C)CS2)cc1Br. The minimum Gasteiger partial charge on any atom is -0.496 e. The number of rotatable bonds is 2. The third-order valence-corrected chi connectivity index (χ3v) is 4.83. The van der Waals surface area contributed by atoms with Crippen LogP contribution in [-0.2, 0) is 0 Å². The fourth-order valence-electron chi connectivity index (χ4n) is 1.75. The highest BCUT2D eigenvalue weighted by Gasteiger charge is 2.19. The van der Waals surface area contributed by atoms with E-state index in [0.717, 1.165) is 22.7 Å². The maximum Gasteiger partial charge on any atom is 0.133 e. The van der Waals surface area contributed by atoms with Gasteiger partial charge < -0.3 is 10.1 Å². The monoisotopic (exact) mass is 301 g/mol. The van der Waals surface area contributed by atoms with Crippen LogP contribution in [0.3, 0.4) is 0 Å². The Kier molecular flexibility index (Phi) is 4.16. The zero-order valence-corrected chi connectivity index (χ0v) is 11.9. The van der Waals surface area contributed by atoms with Gasteiger partial charge in [-0.25, -0.2) is 0 Å². The lowest BCUT2D eigenvalue weighted by atomic mass is 10.2. The quantitative estimate of drug-likeness (QED) is 0.904.